The molecule has 4 heteroatoms. The summed E-state index contributed by atoms with van der Waals surface area (Å²) in [7, 11) is -0.345. The van der Waals surface area contributed by atoms with Gasteiger partial charge in [0.15, 0.2) is 0 Å². The van der Waals surface area contributed by atoms with Gasteiger partial charge in [-0.15, -0.1) is 0 Å². The molecule has 0 saturated carbocycles. The fourth-order valence-electron chi connectivity index (χ4n) is 1.00. The molecule has 1 radical (unpaired) electrons. The lowest BCUT2D eigenvalue weighted by Crippen LogP contribution is -1.83. The van der Waals surface area contributed by atoms with E-state index in [1.807, 2.05) is 24.3 Å². The van der Waals surface area contributed by atoms with Gasteiger partial charge in [0.1, 0.15) is 0 Å². The SMILES string of the molecule is [CH2]c1ccc(C=CP(=O)(OC)OC)cc1. The maximum Gasteiger partial charge on any atom is 0.353 e. The first-order valence-corrected chi connectivity index (χ1v) is 6.03. The Hall–Kier alpha value is -0.890. The molecule has 3 nitrogen and oxygen atoms in total. The average molecular weight is 225 g/mol. The van der Waals surface area contributed by atoms with Crippen LogP contribution < -0.4 is 0 Å². The molecule has 0 aliphatic rings. The quantitative estimate of drug-likeness (QED) is 0.737. The van der Waals surface area contributed by atoms with Crippen LogP contribution in [0.3, 0.4) is 0 Å². The molecule has 0 unspecified atom stereocenters. The molecule has 0 spiro atoms. The fourth-order valence-corrected chi connectivity index (χ4v) is 1.75. The second kappa shape index (κ2) is 5.26. The van der Waals surface area contributed by atoms with Crippen LogP contribution in [0.5, 0.6) is 0 Å². The van der Waals surface area contributed by atoms with E-state index in [1.54, 1.807) is 6.08 Å². The summed E-state index contributed by atoms with van der Waals surface area (Å²) in [5.41, 5.74) is 1.87. The summed E-state index contributed by atoms with van der Waals surface area (Å²) in [6, 6.07) is 7.53. The van der Waals surface area contributed by atoms with Crippen molar-refractivity contribution in [1.29, 1.82) is 0 Å². The van der Waals surface area contributed by atoms with E-state index in [1.165, 1.54) is 20.0 Å². The minimum Gasteiger partial charge on any atom is -0.309 e. The Morgan fingerprint density at radius 1 is 1.20 bits per heavy atom. The molecule has 1 aromatic rings. The van der Waals surface area contributed by atoms with Gasteiger partial charge in [-0.3, -0.25) is 4.57 Å². The van der Waals surface area contributed by atoms with Crippen LogP contribution in [0.25, 0.3) is 6.08 Å². The van der Waals surface area contributed by atoms with E-state index in [9.17, 15) is 4.57 Å². The molecule has 1 aromatic carbocycles. The van der Waals surface area contributed by atoms with Gasteiger partial charge in [-0.05, 0) is 24.1 Å². The standard InChI is InChI=1S/C11H14O3P/c1-10-4-6-11(7-5-10)8-9-15(12,13-2)14-3/h4-9H,1H2,2-3H3. The number of hydrogen-bond acceptors (Lipinski definition) is 3. The third kappa shape index (κ3) is 3.63. The zero-order valence-corrected chi connectivity index (χ0v) is 9.74. The van der Waals surface area contributed by atoms with Gasteiger partial charge in [-0.2, -0.15) is 0 Å². The molecule has 1 rings (SSSR count). The van der Waals surface area contributed by atoms with E-state index < -0.39 is 7.60 Å². The molecule has 0 bridgehead atoms. The topological polar surface area (TPSA) is 35.5 Å². The molecule has 0 aliphatic heterocycles. The van der Waals surface area contributed by atoms with Gasteiger partial charge in [0.2, 0.25) is 0 Å². The number of rotatable bonds is 4. The van der Waals surface area contributed by atoms with Crippen molar-refractivity contribution in [2.24, 2.45) is 0 Å². The number of benzene rings is 1. The molecule has 0 aromatic heterocycles. The fraction of sp³-hybridized carbons (Fsp3) is 0.182. The van der Waals surface area contributed by atoms with E-state index in [2.05, 4.69) is 6.92 Å². The van der Waals surface area contributed by atoms with Crippen LogP contribution in [0, 0.1) is 6.92 Å². The number of hydrogen-bond donors (Lipinski definition) is 0. The van der Waals surface area contributed by atoms with Gasteiger partial charge >= 0.3 is 7.60 Å². The summed E-state index contributed by atoms with van der Waals surface area (Å²) >= 11 is 0. The molecule has 0 amide bonds. The molecule has 81 valence electrons. The molecule has 0 saturated heterocycles. The Kier molecular flexibility index (Phi) is 4.28. The normalized spacial score (nSPS) is 12.2. The molecule has 15 heavy (non-hydrogen) atoms. The summed E-state index contributed by atoms with van der Waals surface area (Å²) in [5.74, 6) is 1.44. The lowest BCUT2D eigenvalue weighted by molar-refractivity contribution is 0.286. The van der Waals surface area contributed by atoms with Crippen molar-refractivity contribution in [3.05, 3.63) is 48.1 Å². The van der Waals surface area contributed by atoms with E-state index >= 15 is 0 Å². The third-order valence-electron chi connectivity index (χ3n) is 1.94. The van der Waals surface area contributed by atoms with Crippen molar-refractivity contribution in [3.8, 4) is 0 Å². The highest BCUT2D eigenvalue weighted by Gasteiger charge is 2.15. The predicted octanol–water partition coefficient (Wildman–Crippen LogP) is 3.33. The summed E-state index contributed by atoms with van der Waals surface area (Å²) in [6.07, 6.45) is 1.70. The summed E-state index contributed by atoms with van der Waals surface area (Å²) < 4.78 is 21.2. The van der Waals surface area contributed by atoms with Crippen LogP contribution in [0.4, 0.5) is 0 Å². The van der Waals surface area contributed by atoms with Gasteiger partial charge < -0.3 is 9.05 Å². The Morgan fingerprint density at radius 2 is 1.73 bits per heavy atom. The van der Waals surface area contributed by atoms with Gasteiger partial charge in [0.25, 0.3) is 0 Å². The molecule has 0 heterocycles. The molecule has 0 atom stereocenters. The van der Waals surface area contributed by atoms with Crippen LogP contribution in [0.2, 0.25) is 0 Å². The monoisotopic (exact) mass is 225 g/mol. The summed E-state index contributed by atoms with van der Waals surface area (Å²) in [5, 5.41) is 0. The predicted molar refractivity (Wildman–Crippen MR) is 61.6 cm³/mol. The maximum atomic E-state index is 11.6. The first kappa shape index (κ1) is 12.2. The zero-order chi connectivity index (χ0) is 11.3. The van der Waals surface area contributed by atoms with Crippen molar-refractivity contribution in [2.75, 3.05) is 14.2 Å². The van der Waals surface area contributed by atoms with Gasteiger partial charge in [0.05, 0.1) is 0 Å². The minimum atomic E-state index is -3.05. The lowest BCUT2D eigenvalue weighted by Gasteiger charge is -2.07. The Morgan fingerprint density at radius 3 is 2.20 bits per heavy atom. The van der Waals surface area contributed by atoms with Gasteiger partial charge in [0, 0.05) is 20.0 Å². The lowest BCUT2D eigenvalue weighted by atomic mass is 10.2. The van der Waals surface area contributed by atoms with Gasteiger partial charge in [-0.25, -0.2) is 0 Å². The third-order valence-corrected chi connectivity index (χ3v) is 3.47. The van der Waals surface area contributed by atoms with Crippen molar-refractivity contribution in [1.82, 2.24) is 0 Å². The highest BCUT2D eigenvalue weighted by atomic mass is 31.2. The van der Waals surface area contributed by atoms with Crippen LogP contribution in [-0.2, 0) is 13.6 Å². The van der Waals surface area contributed by atoms with Crippen molar-refractivity contribution >= 4 is 13.7 Å². The Bertz CT molecular complexity index is 373. The Balaban J connectivity index is 2.81. The van der Waals surface area contributed by atoms with Crippen molar-refractivity contribution < 1.29 is 13.6 Å². The molecular weight excluding hydrogens is 211 g/mol. The van der Waals surface area contributed by atoms with Crippen molar-refractivity contribution in [3.63, 3.8) is 0 Å². The minimum absolute atomic E-state index is 0.928. The first-order valence-electron chi connectivity index (χ1n) is 4.42. The van der Waals surface area contributed by atoms with E-state index in [-0.39, 0.29) is 0 Å². The van der Waals surface area contributed by atoms with Crippen molar-refractivity contribution in [2.45, 2.75) is 0 Å². The Labute approximate surface area is 90.3 Å². The zero-order valence-electron chi connectivity index (χ0n) is 8.84. The maximum absolute atomic E-state index is 11.6. The molecular formula is C11H14O3P. The summed E-state index contributed by atoms with van der Waals surface area (Å²) in [6.45, 7) is 3.77. The van der Waals surface area contributed by atoms with E-state index in [0.717, 1.165) is 11.1 Å². The second-order valence-corrected chi connectivity index (χ2v) is 5.07. The largest absolute Gasteiger partial charge is 0.353 e. The highest BCUT2D eigenvalue weighted by Crippen LogP contribution is 2.48. The van der Waals surface area contributed by atoms with Crippen LogP contribution in [-0.4, -0.2) is 14.2 Å². The first-order chi connectivity index (χ1) is 7.09. The highest BCUT2D eigenvalue weighted by molar-refractivity contribution is 7.57. The molecule has 0 N–H and O–H groups in total. The smallest absolute Gasteiger partial charge is 0.309 e. The van der Waals surface area contributed by atoms with Crippen LogP contribution in [0.1, 0.15) is 11.1 Å². The molecule has 0 fully saturated rings. The van der Waals surface area contributed by atoms with E-state index in [0.29, 0.717) is 0 Å². The van der Waals surface area contributed by atoms with Gasteiger partial charge in [-0.1, -0.05) is 24.3 Å². The van der Waals surface area contributed by atoms with Crippen LogP contribution >= 0.6 is 7.60 Å². The van der Waals surface area contributed by atoms with E-state index in [4.69, 9.17) is 9.05 Å². The van der Waals surface area contributed by atoms with Crippen LogP contribution in [0.15, 0.2) is 30.1 Å². The average Bonchev–Trinajstić information content (AvgIpc) is 2.28. The summed E-state index contributed by atoms with van der Waals surface area (Å²) in [4.78, 5) is 0. The second-order valence-electron chi connectivity index (χ2n) is 2.96. The molecule has 0 aliphatic carbocycles.